The molecule has 4 N–H and O–H groups in total. The Bertz CT molecular complexity index is 121. The van der Waals surface area contributed by atoms with Gasteiger partial charge in [-0.2, -0.15) is 0 Å². The van der Waals surface area contributed by atoms with Crippen molar-refractivity contribution in [1.29, 1.82) is 0 Å². The van der Waals surface area contributed by atoms with E-state index in [-0.39, 0.29) is 12.1 Å². The zero-order valence-electron chi connectivity index (χ0n) is 6.74. The molecule has 0 unspecified atom stereocenters. The Balaban J connectivity index is 0. The van der Waals surface area contributed by atoms with E-state index in [2.05, 4.69) is 11.9 Å². The van der Waals surface area contributed by atoms with Crippen LogP contribution in [-0.4, -0.2) is 12.5 Å². The molecule has 0 saturated heterocycles. The second kappa shape index (κ2) is 6.29. The van der Waals surface area contributed by atoms with E-state index in [4.69, 9.17) is 0 Å². The van der Waals surface area contributed by atoms with E-state index in [0.29, 0.717) is 5.57 Å². The minimum absolute atomic E-state index is 0. The number of hydrogen-bond acceptors (Lipinski definition) is 2. The molecule has 10 heavy (non-hydrogen) atoms. The summed E-state index contributed by atoms with van der Waals surface area (Å²) in [6, 6.07) is 0. The van der Waals surface area contributed by atoms with Crippen molar-refractivity contribution in [2.24, 2.45) is 0 Å². The van der Waals surface area contributed by atoms with E-state index in [1.807, 2.05) is 6.92 Å². The molecule has 0 rings (SSSR count). The maximum atomic E-state index is 10.7. The van der Waals surface area contributed by atoms with E-state index >= 15 is 0 Å². The smallest absolute Gasteiger partial charge is 0.246 e. The first kappa shape index (κ1) is 11.9. The maximum Gasteiger partial charge on any atom is 0.246 e. The van der Waals surface area contributed by atoms with Gasteiger partial charge in [0.2, 0.25) is 5.91 Å². The molecule has 0 bridgehead atoms. The van der Waals surface area contributed by atoms with E-state index in [0.717, 1.165) is 13.0 Å². The van der Waals surface area contributed by atoms with Gasteiger partial charge in [0.15, 0.2) is 0 Å². The number of hydrogen-bond donors (Lipinski definition) is 2. The highest BCUT2D eigenvalue weighted by molar-refractivity contribution is 5.91. The third-order valence-electron chi connectivity index (χ3n) is 0.923. The molecule has 0 atom stereocenters. The molecule has 0 aromatic rings. The van der Waals surface area contributed by atoms with Gasteiger partial charge in [-0.05, 0) is 13.3 Å². The number of amides is 1. The molecule has 1 amide bonds. The van der Waals surface area contributed by atoms with Gasteiger partial charge in [-0.25, -0.2) is 0 Å². The Kier molecular flexibility index (Phi) is 7.49. The standard InChI is InChI=1S/C7H13NO.H3N/c1-4-5-8-7(9)6(2)3;/h2,4-5H2,1,3H3,(H,8,9);1H3. The predicted molar refractivity (Wildman–Crippen MR) is 43.1 cm³/mol. The molecule has 0 aliphatic rings. The van der Waals surface area contributed by atoms with Crippen LogP contribution in [0.5, 0.6) is 0 Å². The molecule has 3 heteroatoms. The van der Waals surface area contributed by atoms with Crippen LogP contribution in [0.4, 0.5) is 0 Å². The lowest BCUT2D eigenvalue weighted by atomic mass is 10.3. The number of carbonyl (C=O) groups is 1. The highest BCUT2D eigenvalue weighted by Gasteiger charge is 1.96. The molecular weight excluding hydrogens is 128 g/mol. The molecular formula is C7H16N2O. The van der Waals surface area contributed by atoms with Gasteiger partial charge in [0.05, 0.1) is 0 Å². The van der Waals surface area contributed by atoms with Crippen molar-refractivity contribution >= 4 is 5.91 Å². The first-order valence-electron chi connectivity index (χ1n) is 3.12. The summed E-state index contributed by atoms with van der Waals surface area (Å²) in [5.74, 6) is -0.0446. The lowest BCUT2D eigenvalue weighted by Crippen LogP contribution is -2.24. The lowest BCUT2D eigenvalue weighted by Gasteiger charge is -1.99. The second-order valence-electron chi connectivity index (χ2n) is 2.04. The molecule has 0 aromatic heterocycles. The van der Waals surface area contributed by atoms with E-state index in [9.17, 15) is 4.79 Å². The molecule has 0 aliphatic carbocycles. The Labute approximate surface area is 62.1 Å². The SMILES string of the molecule is C=C(C)C(=O)NCCC.N. The van der Waals surface area contributed by atoms with E-state index in [1.165, 1.54) is 0 Å². The van der Waals surface area contributed by atoms with Crippen molar-refractivity contribution in [3.8, 4) is 0 Å². The third-order valence-corrected chi connectivity index (χ3v) is 0.923. The van der Waals surface area contributed by atoms with Crippen LogP contribution in [0.3, 0.4) is 0 Å². The first-order chi connectivity index (χ1) is 4.18. The Hall–Kier alpha value is -0.830. The number of nitrogens with one attached hydrogen (secondary N) is 1. The van der Waals surface area contributed by atoms with Crippen LogP contribution in [0.25, 0.3) is 0 Å². The van der Waals surface area contributed by atoms with Crippen LogP contribution in [-0.2, 0) is 4.79 Å². The summed E-state index contributed by atoms with van der Waals surface area (Å²) in [6.07, 6.45) is 0.971. The normalized spacial score (nSPS) is 7.80. The Morgan fingerprint density at radius 2 is 2.10 bits per heavy atom. The van der Waals surface area contributed by atoms with Crippen molar-refractivity contribution in [1.82, 2.24) is 11.5 Å². The fraction of sp³-hybridized carbons (Fsp3) is 0.571. The largest absolute Gasteiger partial charge is 0.352 e. The number of carbonyl (C=O) groups excluding carboxylic acids is 1. The zero-order valence-corrected chi connectivity index (χ0v) is 6.74. The number of rotatable bonds is 3. The van der Waals surface area contributed by atoms with Crippen LogP contribution in [0.2, 0.25) is 0 Å². The maximum absolute atomic E-state index is 10.7. The molecule has 0 spiro atoms. The Morgan fingerprint density at radius 1 is 1.60 bits per heavy atom. The van der Waals surface area contributed by atoms with Gasteiger partial charge < -0.3 is 11.5 Å². The van der Waals surface area contributed by atoms with Crippen molar-refractivity contribution < 1.29 is 4.79 Å². The molecule has 0 fully saturated rings. The van der Waals surface area contributed by atoms with Crippen LogP contribution in [0.15, 0.2) is 12.2 Å². The summed E-state index contributed by atoms with van der Waals surface area (Å²) in [4.78, 5) is 10.7. The molecule has 0 radical (unpaired) electrons. The van der Waals surface area contributed by atoms with Crippen molar-refractivity contribution in [2.75, 3.05) is 6.54 Å². The van der Waals surface area contributed by atoms with Gasteiger partial charge in [-0.3, -0.25) is 4.79 Å². The molecule has 0 aliphatic heterocycles. The molecule has 3 nitrogen and oxygen atoms in total. The minimum Gasteiger partial charge on any atom is -0.352 e. The summed E-state index contributed by atoms with van der Waals surface area (Å²) in [7, 11) is 0. The molecule has 0 heterocycles. The van der Waals surface area contributed by atoms with E-state index < -0.39 is 0 Å². The monoisotopic (exact) mass is 144 g/mol. The molecule has 60 valence electrons. The third kappa shape index (κ3) is 5.31. The van der Waals surface area contributed by atoms with Gasteiger partial charge in [0, 0.05) is 12.1 Å². The van der Waals surface area contributed by atoms with Crippen LogP contribution < -0.4 is 11.5 Å². The van der Waals surface area contributed by atoms with Crippen LogP contribution in [0, 0.1) is 0 Å². The summed E-state index contributed by atoms with van der Waals surface area (Å²) >= 11 is 0. The van der Waals surface area contributed by atoms with Crippen molar-refractivity contribution in [2.45, 2.75) is 20.3 Å². The van der Waals surface area contributed by atoms with Crippen LogP contribution in [0.1, 0.15) is 20.3 Å². The van der Waals surface area contributed by atoms with Gasteiger partial charge in [-0.15, -0.1) is 0 Å². The highest BCUT2D eigenvalue weighted by atomic mass is 16.1. The second-order valence-corrected chi connectivity index (χ2v) is 2.04. The first-order valence-corrected chi connectivity index (χ1v) is 3.12. The minimum atomic E-state index is -0.0446. The van der Waals surface area contributed by atoms with Gasteiger partial charge in [0.1, 0.15) is 0 Å². The average Bonchev–Trinajstić information content (AvgIpc) is 1.82. The summed E-state index contributed by atoms with van der Waals surface area (Å²) in [5, 5.41) is 2.69. The summed E-state index contributed by atoms with van der Waals surface area (Å²) < 4.78 is 0. The summed E-state index contributed by atoms with van der Waals surface area (Å²) in [6.45, 7) is 7.95. The van der Waals surface area contributed by atoms with Gasteiger partial charge in [-0.1, -0.05) is 13.5 Å². The van der Waals surface area contributed by atoms with Crippen molar-refractivity contribution in [3.05, 3.63) is 12.2 Å². The topological polar surface area (TPSA) is 64.1 Å². The fourth-order valence-corrected chi connectivity index (χ4v) is 0.389. The highest BCUT2D eigenvalue weighted by Crippen LogP contribution is 1.84. The Morgan fingerprint density at radius 3 is 2.40 bits per heavy atom. The van der Waals surface area contributed by atoms with Crippen molar-refractivity contribution in [3.63, 3.8) is 0 Å². The summed E-state index contributed by atoms with van der Waals surface area (Å²) in [5.41, 5.74) is 0.573. The predicted octanol–water partition coefficient (Wildman–Crippen LogP) is 1.25. The average molecular weight is 144 g/mol. The fourth-order valence-electron chi connectivity index (χ4n) is 0.389. The van der Waals surface area contributed by atoms with E-state index in [1.54, 1.807) is 6.92 Å². The van der Waals surface area contributed by atoms with Gasteiger partial charge >= 0.3 is 0 Å². The zero-order chi connectivity index (χ0) is 7.28. The van der Waals surface area contributed by atoms with Crippen LogP contribution >= 0.6 is 0 Å². The van der Waals surface area contributed by atoms with Gasteiger partial charge in [0.25, 0.3) is 0 Å². The molecule has 0 saturated carbocycles. The lowest BCUT2D eigenvalue weighted by molar-refractivity contribution is -0.117. The quantitative estimate of drug-likeness (QED) is 0.585. The molecule has 0 aromatic carbocycles.